The molecule has 1 aliphatic carbocycles. The summed E-state index contributed by atoms with van der Waals surface area (Å²) in [6.07, 6.45) is 4.81. The van der Waals surface area contributed by atoms with E-state index in [9.17, 15) is 5.11 Å². The van der Waals surface area contributed by atoms with Crippen LogP contribution in [0.2, 0.25) is 0 Å². The fourth-order valence-electron chi connectivity index (χ4n) is 2.68. The van der Waals surface area contributed by atoms with Crippen LogP contribution < -0.4 is 10.6 Å². The molecule has 1 saturated carbocycles. The highest BCUT2D eigenvalue weighted by Crippen LogP contribution is 2.49. The van der Waals surface area contributed by atoms with Gasteiger partial charge in [0.25, 0.3) is 0 Å². The molecule has 4 nitrogen and oxygen atoms in total. The summed E-state index contributed by atoms with van der Waals surface area (Å²) in [7, 11) is 0. The number of aliphatic hydroxyl groups is 1. The fourth-order valence-corrected chi connectivity index (χ4v) is 3.62. The molecule has 1 saturated heterocycles. The Hall–Kier alpha value is -0.810. The molecule has 5 heteroatoms. The quantitative estimate of drug-likeness (QED) is 0.862. The Bertz CT molecular complexity index is 402. The molecule has 2 aliphatic rings. The molecule has 0 spiro atoms. The van der Waals surface area contributed by atoms with Crippen molar-refractivity contribution in [2.24, 2.45) is 5.92 Å². The van der Waals surface area contributed by atoms with Crippen molar-refractivity contribution in [1.29, 1.82) is 0 Å². The molecule has 0 bridgehead atoms. The molecule has 1 aromatic heterocycles. The van der Waals surface area contributed by atoms with Gasteiger partial charge in [-0.3, -0.25) is 0 Å². The predicted molar refractivity (Wildman–Crippen MR) is 70.5 cm³/mol. The van der Waals surface area contributed by atoms with Crippen LogP contribution in [0.3, 0.4) is 0 Å². The first kappa shape index (κ1) is 11.3. The number of rotatable bonds is 3. The van der Waals surface area contributed by atoms with Crippen LogP contribution in [0.15, 0.2) is 0 Å². The number of piperidine rings is 1. The van der Waals surface area contributed by atoms with Crippen LogP contribution in [0.4, 0.5) is 10.8 Å². The van der Waals surface area contributed by atoms with E-state index < -0.39 is 0 Å². The van der Waals surface area contributed by atoms with Gasteiger partial charge in [0.05, 0.1) is 0 Å². The molecule has 94 valence electrons. The van der Waals surface area contributed by atoms with E-state index in [1.54, 1.807) is 0 Å². The molecule has 0 amide bonds. The van der Waals surface area contributed by atoms with Gasteiger partial charge in [-0.05, 0) is 49.1 Å². The molecule has 3 rings (SSSR count). The zero-order chi connectivity index (χ0) is 11.8. The van der Waals surface area contributed by atoms with Gasteiger partial charge in [-0.25, -0.2) is 0 Å². The first-order valence-corrected chi connectivity index (χ1v) is 7.17. The van der Waals surface area contributed by atoms with Crippen LogP contribution >= 0.6 is 11.5 Å². The van der Waals surface area contributed by atoms with E-state index >= 15 is 0 Å². The van der Waals surface area contributed by atoms with Crippen molar-refractivity contribution in [1.82, 2.24) is 4.37 Å². The predicted octanol–water partition coefficient (Wildman–Crippen LogP) is 1.81. The first-order valence-electron chi connectivity index (χ1n) is 6.40. The van der Waals surface area contributed by atoms with Gasteiger partial charge in [-0.1, -0.05) is 0 Å². The number of hydrogen-bond donors (Lipinski definition) is 2. The summed E-state index contributed by atoms with van der Waals surface area (Å²) in [5, 5.41) is 10.6. The molecular formula is C12H19N3OS. The average molecular weight is 253 g/mol. The van der Waals surface area contributed by atoms with Crippen LogP contribution in [-0.4, -0.2) is 29.2 Å². The highest BCUT2D eigenvalue weighted by Gasteiger charge is 2.33. The molecule has 0 aromatic carbocycles. The van der Waals surface area contributed by atoms with Crippen molar-refractivity contribution < 1.29 is 5.11 Å². The SMILES string of the molecule is Nc1nsc(N2CCCC(CO)C2)c1C1CC1. The third-order valence-corrected chi connectivity index (χ3v) is 4.73. The van der Waals surface area contributed by atoms with Gasteiger partial charge < -0.3 is 15.7 Å². The second kappa shape index (κ2) is 4.46. The summed E-state index contributed by atoms with van der Waals surface area (Å²) in [4.78, 5) is 2.38. The summed E-state index contributed by atoms with van der Waals surface area (Å²) >= 11 is 1.53. The summed E-state index contributed by atoms with van der Waals surface area (Å²) in [6, 6.07) is 0. The molecule has 3 N–H and O–H groups in total. The Morgan fingerprint density at radius 2 is 2.24 bits per heavy atom. The highest BCUT2D eigenvalue weighted by atomic mass is 32.1. The van der Waals surface area contributed by atoms with Gasteiger partial charge in [0.15, 0.2) is 0 Å². The lowest BCUT2D eigenvalue weighted by Gasteiger charge is -2.33. The Labute approximate surface area is 106 Å². The van der Waals surface area contributed by atoms with Crippen LogP contribution in [0, 0.1) is 5.92 Å². The van der Waals surface area contributed by atoms with E-state index in [-0.39, 0.29) is 0 Å². The van der Waals surface area contributed by atoms with Gasteiger partial charge in [0.2, 0.25) is 0 Å². The fraction of sp³-hybridized carbons (Fsp3) is 0.750. The third-order valence-electron chi connectivity index (χ3n) is 3.79. The number of anilines is 2. The Morgan fingerprint density at radius 1 is 1.41 bits per heavy atom. The van der Waals surface area contributed by atoms with Crippen molar-refractivity contribution in [3.05, 3.63) is 5.56 Å². The van der Waals surface area contributed by atoms with E-state index in [1.807, 2.05) is 0 Å². The van der Waals surface area contributed by atoms with Crippen LogP contribution in [0.25, 0.3) is 0 Å². The van der Waals surface area contributed by atoms with Crippen LogP contribution in [-0.2, 0) is 0 Å². The van der Waals surface area contributed by atoms with Gasteiger partial charge >= 0.3 is 0 Å². The maximum atomic E-state index is 9.29. The van der Waals surface area contributed by atoms with Gasteiger partial charge in [0, 0.05) is 25.3 Å². The highest BCUT2D eigenvalue weighted by molar-refractivity contribution is 7.10. The second-order valence-corrected chi connectivity index (χ2v) is 5.95. The lowest BCUT2D eigenvalue weighted by atomic mass is 9.99. The summed E-state index contributed by atoms with van der Waals surface area (Å²) in [5.41, 5.74) is 7.27. The molecule has 1 aromatic rings. The van der Waals surface area contributed by atoms with Crippen LogP contribution in [0.1, 0.15) is 37.2 Å². The molecule has 2 fully saturated rings. The van der Waals surface area contributed by atoms with E-state index in [2.05, 4.69) is 9.27 Å². The average Bonchev–Trinajstić information content (AvgIpc) is 3.12. The minimum absolute atomic E-state index is 0.295. The lowest BCUT2D eigenvalue weighted by Crippen LogP contribution is -2.36. The molecule has 0 radical (unpaired) electrons. The number of nitrogens with two attached hydrogens (primary N) is 1. The molecule has 17 heavy (non-hydrogen) atoms. The van der Waals surface area contributed by atoms with Crippen LogP contribution in [0.5, 0.6) is 0 Å². The van der Waals surface area contributed by atoms with Crippen molar-refractivity contribution in [2.75, 3.05) is 30.3 Å². The Morgan fingerprint density at radius 3 is 2.94 bits per heavy atom. The number of nitrogen functional groups attached to an aromatic ring is 1. The number of hydrogen-bond acceptors (Lipinski definition) is 5. The van der Waals surface area contributed by atoms with E-state index in [0.29, 0.717) is 18.4 Å². The molecule has 1 aliphatic heterocycles. The summed E-state index contributed by atoms with van der Waals surface area (Å²) < 4.78 is 4.32. The first-order chi connectivity index (χ1) is 8.29. The summed E-state index contributed by atoms with van der Waals surface area (Å²) in [6.45, 7) is 2.33. The zero-order valence-electron chi connectivity index (χ0n) is 9.93. The standard InChI is InChI=1S/C12H19N3OS/c13-11-10(9-3-4-9)12(17-14-11)15-5-1-2-8(6-15)7-16/h8-9,16H,1-7H2,(H2,13,14). The zero-order valence-corrected chi connectivity index (χ0v) is 10.7. The van der Waals surface area contributed by atoms with E-state index in [4.69, 9.17) is 5.73 Å². The van der Waals surface area contributed by atoms with Crippen molar-refractivity contribution in [3.8, 4) is 0 Å². The smallest absolute Gasteiger partial charge is 0.142 e. The van der Waals surface area contributed by atoms with Crippen molar-refractivity contribution >= 4 is 22.4 Å². The number of nitrogens with zero attached hydrogens (tertiary/aromatic N) is 2. The maximum Gasteiger partial charge on any atom is 0.142 e. The lowest BCUT2D eigenvalue weighted by molar-refractivity contribution is 0.209. The normalized spacial score (nSPS) is 25.2. The van der Waals surface area contributed by atoms with Crippen molar-refractivity contribution in [3.63, 3.8) is 0 Å². The molecular weight excluding hydrogens is 234 g/mol. The van der Waals surface area contributed by atoms with Crippen molar-refractivity contribution in [2.45, 2.75) is 31.6 Å². The van der Waals surface area contributed by atoms with E-state index in [1.165, 1.54) is 34.9 Å². The molecule has 1 atom stereocenters. The second-order valence-electron chi connectivity index (χ2n) is 5.20. The number of aliphatic hydroxyl groups excluding tert-OH is 1. The minimum Gasteiger partial charge on any atom is -0.396 e. The molecule has 2 heterocycles. The van der Waals surface area contributed by atoms with E-state index in [0.717, 1.165) is 31.7 Å². The monoisotopic (exact) mass is 253 g/mol. The Balaban J connectivity index is 1.83. The third kappa shape index (κ3) is 2.13. The topological polar surface area (TPSA) is 62.4 Å². The minimum atomic E-state index is 0.295. The van der Waals surface area contributed by atoms with Gasteiger partial charge in [-0.2, -0.15) is 4.37 Å². The Kier molecular flexibility index (Phi) is 2.96. The van der Waals surface area contributed by atoms with Gasteiger partial charge in [-0.15, -0.1) is 0 Å². The maximum absolute atomic E-state index is 9.29. The molecule has 1 unspecified atom stereocenters. The largest absolute Gasteiger partial charge is 0.396 e. The summed E-state index contributed by atoms with van der Waals surface area (Å²) in [5.74, 6) is 1.80. The number of aromatic nitrogens is 1. The van der Waals surface area contributed by atoms with Gasteiger partial charge in [0.1, 0.15) is 10.8 Å².